The van der Waals surface area contributed by atoms with Gasteiger partial charge in [-0.25, -0.2) is 9.97 Å². The molecule has 24 heavy (non-hydrogen) atoms. The normalized spacial score (nSPS) is 18.8. The standard InChI is InChI=1S/C17H25N5OS/c1-17(2,3)16-21-13(11-24-16)9-20-12-5-4-8-22(10-12)14-15(23)19-7-6-18-14/h6-7,11-12,20H,4-5,8-10H2,1-3H3,(H,19,23)/t12-/m0/s1. The highest BCUT2D eigenvalue weighted by atomic mass is 32.1. The van der Waals surface area contributed by atoms with Crippen molar-refractivity contribution in [1.82, 2.24) is 20.3 Å². The van der Waals surface area contributed by atoms with Crippen molar-refractivity contribution in [2.24, 2.45) is 0 Å². The average Bonchev–Trinajstić information content (AvgIpc) is 3.03. The Morgan fingerprint density at radius 3 is 3.00 bits per heavy atom. The predicted octanol–water partition coefficient (Wildman–Crippen LogP) is 2.28. The molecule has 130 valence electrons. The minimum atomic E-state index is -0.118. The highest BCUT2D eigenvalue weighted by Crippen LogP contribution is 2.25. The van der Waals surface area contributed by atoms with Gasteiger partial charge < -0.3 is 15.2 Å². The van der Waals surface area contributed by atoms with E-state index in [4.69, 9.17) is 4.98 Å². The van der Waals surface area contributed by atoms with Gasteiger partial charge in [-0.1, -0.05) is 20.8 Å². The van der Waals surface area contributed by atoms with E-state index in [0.29, 0.717) is 11.9 Å². The Kier molecular flexibility index (Phi) is 5.01. The maximum atomic E-state index is 11.9. The van der Waals surface area contributed by atoms with Gasteiger partial charge in [0.2, 0.25) is 0 Å². The van der Waals surface area contributed by atoms with Crippen molar-refractivity contribution in [3.05, 3.63) is 38.8 Å². The molecule has 1 aliphatic rings. The van der Waals surface area contributed by atoms with Crippen molar-refractivity contribution in [3.8, 4) is 0 Å². The van der Waals surface area contributed by atoms with Crippen LogP contribution in [0, 0.1) is 0 Å². The first-order chi connectivity index (χ1) is 11.4. The van der Waals surface area contributed by atoms with Crippen LogP contribution in [0.5, 0.6) is 0 Å². The number of hydrogen-bond acceptors (Lipinski definition) is 6. The first-order valence-electron chi connectivity index (χ1n) is 8.40. The van der Waals surface area contributed by atoms with Crippen molar-refractivity contribution in [2.45, 2.75) is 51.6 Å². The number of anilines is 1. The lowest BCUT2D eigenvalue weighted by atomic mass is 9.98. The molecule has 0 bridgehead atoms. The lowest BCUT2D eigenvalue weighted by Gasteiger charge is -2.33. The van der Waals surface area contributed by atoms with Crippen LogP contribution in [0.3, 0.4) is 0 Å². The van der Waals surface area contributed by atoms with Crippen LogP contribution in [0.2, 0.25) is 0 Å². The van der Waals surface area contributed by atoms with E-state index in [0.717, 1.165) is 38.2 Å². The summed E-state index contributed by atoms with van der Waals surface area (Å²) in [7, 11) is 0. The molecule has 1 saturated heterocycles. The number of nitrogens with zero attached hydrogens (tertiary/aromatic N) is 3. The third-order valence-corrected chi connectivity index (χ3v) is 5.49. The van der Waals surface area contributed by atoms with Gasteiger partial charge in [-0.05, 0) is 12.8 Å². The van der Waals surface area contributed by atoms with Crippen molar-refractivity contribution >= 4 is 17.2 Å². The summed E-state index contributed by atoms with van der Waals surface area (Å²) in [6, 6.07) is 0.347. The van der Waals surface area contributed by atoms with Gasteiger partial charge in [0, 0.05) is 48.9 Å². The van der Waals surface area contributed by atoms with E-state index in [1.54, 1.807) is 23.7 Å². The molecule has 0 radical (unpaired) electrons. The first kappa shape index (κ1) is 17.1. The van der Waals surface area contributed by atoms with Gasteiger partial charge in [0.25, 0.3) is 5.56 Å². The van der Waals surface area contributed by atoms with Gasteiger partial charge in [0.1, 0.15) is 0 Å². The molecular weight excluding hydrogens is 322 g/mol. The molecule has 0 spiro atoms. The average molecular weight is 347 g/mol. The highest BCUT2D eigenvalue weighted by Gasteiger charge is 2.23. The number of aromatic amines is 1. The Bertz CT molecular complexity index is 733. The second kappa shape index (κ2) is 7.03. The third-order valence-electron chi connectivity index (χ3n) is 4.17. The SMILES string of the molecule is CC(C)(C)c1nc(CN[C@H]2CCCN(c3ncc[nH]c3=O)C2)cs1. The molecule has 1 fully saturated rings. The first-order valence-corrected chi connectivity index (χ1v) is 9.28. The van der Waals surface area contributed by atoms with Gasteiger partial charge in [-0.15, -0.1) is 11.3 Å². The van der Waals surface area contributed by atoms with Gasteiger partial charge in [-0.3, -0.25) is 4.79 Å². The molecular formula is C17H25N5OS. The van der Waals surface area contributed by atoms with E-state index in [1.165, 1.54) is 5.01 Å². The van der Waals surface area contributed by atoms with Crippen LogP contribution in [0.1, 0.15) is 44.3 Å². The number of H-pyrrole nitrogens is 1. The largest absolute Gasteiger partial charge is 0.350 e. The summed E-state index contributed by atoms with van der Waals surface area (Å²) < 4.78 is 0. The molecule has 0 aliphatic carbocycles. The number of nitrogens with one attached hydrogen (secondary N) is 2. The van der Waals surface area contributed by atoms with Crippen molar-refractivity contribution in [1.29, 1.82) is 0 Å². The van der Waals surface area contributed by atoms with Gasteiger partial charge in [0.05, 0.1) is 10.7 Å². The number of rotatable bonds is 4. The molecule has 7 heteroatoms. The third kappa shape index (κ3) is 4.02. The Labute approximate surface area is 146 Å². The van der Waals surface area contributed by atoms with E-state index in [9.17, 15) is 4.79 Å². The fraction of sp³-hybridized carbons (Fsp3) is 0.588. The van der Waals surface area contributed by atoms with Crippen LogP contribution in [0.4, 0.5) is 5.82 Å². The van der Waals surface area contributed by atoms with Crippen LogP contribution in [-0.2, 0) is 12.0 Å². The maximum Gasteiger partial charge on any atom is 0.290 e. The summed E-state index contributed by atoms with van der Waals surface area (Å²) in [4.78, 5) is 25.6. The Hall–Kier alpha value is -1.73. The Morgan fingerprint density at radius 2 is 2.29 bits per heavy atom. The lowest BCUT2D eigenvalue weighted by molar-refractivity contribution is 0.417. The Balaban J connectivity index is 1.59. The van der Waals surface area contributed by atoms with E-state index in [2.05, 4.69) is 46.3 Å². The van der Waals surface area contributed by atoms with E-state index in [1.807, 2.05) is 0 Å². The predicted molar refractivity (Wildman–Crippen MR) is 97.7 cm³/mol. The fourth-order valence-electron chi connectivity index (χ4n) is 2.89. The summed E-state index contributed by atoms with van der Waals surface area (Å²) >= 11 is 1.73. The van der Waals surface area contributed by atoms with Gasteiger partial charge in [-0.2, -0.15) is 0 Å². The summed E-state index contributed by atoms with van der Waals surface area (Å²) in [6.07, 6.45) is 5.37. The van der Waals surface area contributed by atoms with E-state index >= 15 is 0 Å². The molecule has 0 aromatic carbocycles. The fourth-order valence-corrected chi connectivity index (χ4v) is 3.79. The summed E-state index contributed by atoms with van der Waals surface area (Å²) in [5, 5.41) is 6.89. The van der Waals surface area contributed by atoms with Gasteiger partial charge in [0.15, 0.2) is 5.82 Å². The van der Waals surface area contributed by atoms with Crippen LogP contribution < -0.4 is 15.8 Å². The van der Waals surface area contributed by atoms with Crippen molar-refractivity contribution in [3.63, 3.8) is 0 Å². The molecule has 0 amide bonds. The molecule has 3 heterocycles. The van der Waals surface area contributed by atoms with Crippen LogP contribution in [0.15, 0.2) is 22.6 Å². The topological polar surface area (TPSA) is 73.9 Å². The van der Waals surface area contributed by atoms with Crippen molar-refractivity contribution in [2.75, 3.05) is 18.0 Å². The molecule has 2 N–H and O–H groups in total. The van der Waals surface area contributed by atoms with Crippen LogP contribution in [0.25, 0.3) is 0 Å². The summed E-state index contributed by atoms with van der Waals surface area (Å²) in [6.45, 7) is 9.01. The zero-order valence-corrected chi connectivity index (χ0v) is 15.3. The molecule has 1 aliphatic heterocycles. The summed E-state index contributed by atoms with van der Waals surface area (Å²) in [5.74, 6) is 0.521. The quantitative estimate of drug-likeness (QED) is 0.888. The Morgan fingerprint density at radius 1 is 1.46 bits per heavy atom. The molecule has 0 saturated carbocycles. The van der Waals surface area contributed by atoms with Gasteiger partial charge >= 0.3 is 0 Å². The maximum absolute atomic E-state index is 11.9. The lowest BCUT2D eigenvalue weighted by Crippen LogP contribution is -2.47. The van der Waals surface area contributed by atoms with Crippen LogP contribution >= 0.6 is 11.3 Å². The van der Waals surface area contributed by atoms with Crippen LogP contribution in [-0.4, -0.2) is 34.1 Å². The highest BCUT2D eigenvalue weighted by molar-refractivity contribution is 7.09. The number of piperidine rings is 1. The zero-order chi connectivity index (χ0) is 17.2. The number of thiazole rings is 1. The molecule has 6 nitrogen and oxygen atoms in total. The second-order valence-corrected chi connectivity index (χ2v) is 8.16. The number of aromatic nitrogens is 3. The minimum absolute atomic E-state index is 0.102. The molecule has 0 unspecified atom stereocenters. The monoisotopic (exact) mass is 347 g/mol. The molecule has 1 atom stereocenters. The van der Waals surface area contributed by atoms with E-state index in [-0.39, 0.29) is 11.0 Å². The van der Waals surface area contributed by atoms with E-state index < -0.39 is 0 Å². The smallest absolute Gasteiger partial charge is 0.290 e. The molecule has 2 aromatic rings. The zero-order valence-electron chi connectivity index (χ0n) is 14.5. The summed E-state index contributed by atoms with van der Waals surface area (Å²) in [5.41, 5.74) is 1.08. The number of hydrogen-bond donors (Lipinski definition) is 2. The van der Waals surface area contributed by atoms with Crippen molar-refractivity contribution < 1.29 is 0 Å². The molecule has 3 rings (SSSR count). The molecule has 2 aromatic heterocycles. The minimum Gasteiger partial charge on any atom is -0.350 e. The second-order valence-electron chi connectivity index (χ2n) is 7.30.